The van der Waals surface area contributed by atoms with E-state index in [0.717, 1.165) is 25.7 Å². The monoisotopic (exact) mass is 295 g/mol. The van der Waals surface area contributed by atoms with Gasteiger partial charge in [-0.3, -0.25) is 0 Å². The molecular weight excluding hydrogens is 279 g/mol. The van der Waals surface area contributed by atoms with Crippen molar-refractivity contribution in [1.29, 1.82) is 0 Å². The standard InChI is InChI=1S/C13H16ClF2N.ClH/c14-9-6-7-10(15)11(12(9)16)13(17)8-4-2-1-3-5-8;/h6-8,13H,1-5,17H2;1H/t13-;/m1./s1. The predicted octanol–water partition coefficient (Wildman–Crippen LogP) is 4.62. The summed E-state index contributed by atoms with van der Waals surface area (Å²) in [5, 5.41) is -0.0624. The van der Waals surface area contributed by atoms with Crippen LogP contribution in [0.3, 0.4) is 0 Å². The first-order valence-electron chi connectivity index (χ1n) is 6.00. The fraction of sp³-hybridized carbons (Fsp3) is 0.538. The highest BCUT2D eigenvalue weighted by Gasteiger charge is 2.27. The van der Waals surface area contributed by atoms with E-state index in [1.807, 2.05) is 0 Å². The summed E-state index contributed by atoms with van der Waals surface area (Å²) in [4.78, 5) is 0. The highest BCUT2D eigenvalue weighted by molar-refractivity contribution is 6.30. The molecule has 2 N–H and O–H groups in total. The molecule has 0 aliphatic heterocycles. The van der Waals surface area contributed by atoms with E-state index in [9.17, 15) is 8.78 Å². The minimum atomic E-state index is -0.704. The van der Waals surface area contributed by atoms with E-state index in [-0.39, 0.29) is 28.9 Å². The molecule has 1 aliphatic rings. The molecule has 1 aromatic carbocycles. The van der Waals surface area contributed by atoms with Crippen LogP contribution in [0.4, 0.5) is 8.78 Å². The third kappa shape index (κ3) is 3.14. The zero-order valence-corrected chi connectivity index (χ0v) is 11.5. The summed E-state index contributed by atoms with van der Waals surface area (Å²) in [6.45, 7) is 0. The Bertz CT molecular complexity index is 406. The fourth-order valence-electron chi connectivity index (χ4n) is 2.58. The normalized spacial score (nSPS) is 18.2. The molecule has 1 atom stereocenters. The Morgan fingerprint density at radius 2 is 1.78 bits per heavy atom. The molecule has 18 heavy (non-hydrogen) atoms. The van der Waals surface area contributed by atoms with E-state index in [1.165, 1.54) is 18.6 Å². The zero-order valence-electron chi connectivity index (χ0n) is 9.96. The average molecular weight is 296 g/mol. The maximum absolute atomic E-state index is 13.8. The molecule has 0 saturated heterocycles. The van der Waals surface area contributed by atoms with Crippen LogP contribution in [0, 0.1) is 17.6 Å². The lowest BCUT2D eigenvalue weighted by Crippen LogP contribution is -2.25. The Morgan fingerprint density at radius 3 is 2.39 bits per heavy atom. The molecule has 1 saturated carbocycles. The van der Waals surface area contributed by atoms with Gasteiger partial charge in [-0.15, -0.1) is 12.4 Å². The summed E-state index contributed by atoms with van der Waals surface area (Å²) in [5.74, 6) is -1.14. The molecule has 5 heteroatoms. The van der Waals surface area contributed by atoms with E-state index < -0.39 is 17.7 Å². The van der Waals surface area contributed by atoms with Gasteiger partial charge in [0.25, 0.3) is 0 Å². The quantitative estimate of drug-likeness (QED) is 0.792. The maximum Gasteiger partial charge on any atom is 0.149 e. The van der Waals surface area contributed by atoms with Crippen molar-refractivity contribution in [3.05, 3.63) is 34.4 Å². The topological polar surface area (TPSA) is 26.0 Å². The number of rotatable bonds is 2. The van der Waals surface area contributed by atoms with Gasteiger partial charge in [-0.1, -0.05) is 30.9 Å². The van der Waals surface area contributed by atoms with Gasteiger partial charge in [-0.2, -0.15) is 0 Å². The third-order valence-corrected chi connectivity index (χ3v) is 3.86. The van der Waals surface area contributed by atoms with E-state index in [2.05, 4.69) is 0 Å². The summed E-state index contributed by atoms with van der Waals surface area (Å²) < 4.78 is 27.5. The smallest absolute Gasteiger partial charge is 0.149 e. The third-order valence-electron chi connectivity index (χ3n) is 3.57. The van der Waals surface area contributed by atoms with Crippen LogP contribution in [-0.2, 0) is 0 Å². The van der Waals surface area contributed by atoms with E-state index in [1.54, 1.807) is 0 Å². The Hall–Kier alpha value is -0.380. The van der Waals surface area contributed by atoms with E-state index in [4.69, 9.17) is 17.3 Å². The van der Waals surface area contributed by atoms with Gasteiger partial charge in [0, 0.05) is 11.6 Å². The van der Waals surface area contributed by atoms with Crippen molar-refractivity contribution in [1.82, 2.24) is 0 Å². The molecule has 1 aliphatic carbocycles. The van der Waals surface area contributed by atoms with Gasteiger partial charge in [-0.05, 0) is 30.9 Å². The summed E-state index contributed by atoms with van der Waals surface area (Å²) in [5.41, 5.74) is 5.95. The first-order chi connectivity index (χ1) is 8.11. The van der Waals surface area contributed by atoms with Crippen molar-refractivity contribution in [2.75, 3.05) is 0 Å². The Labute approximate surface area is 117 Å². The molecule has 102 valence electrons. The molecule has 0 aromatic heterocycles. The van der Waals surface area contributed by atoms with Crippen LogP contribution in [0.25, 0.3) is 0 Å². The summed E-state index contributed by atoms with van der Waals surface area (Å²) in [7, 11) is 0. The largest absolute Gasteiger partial charge is 0.324 e. The first-order valence-corrected chi connectivity index (χ1v) is 6.38. The van der Waals surface area contributed by atoms with Crippen LogP contribution in [0.5, 0.6) is 0 Å². The minimum absolute atomic E-state index is 0. The lowest BCUT2D eigenvalue weighted by Gasteiger charge is -2.28. The van der Waals surface area contributed by atoms with Gasteiger partial charge >= 0.3 is 0 Å². The van der Waals surface area contributed by atoms with E-state index in [0.29, 0.717) is 0 Å². The number of hydrogen-bond donors (Lipinski definition) is 1. The molecule has 0 radical (unpaired) electrons. The Balaban J connectivity index is 0.00000162. The lowest BCUT2D eigenvalue weighted by atomic mass is 9.81. The van der Waals surface area contributed by atoms with Gasteiger partial charge in [0.05, 0.1) is 5.02 Å². The molecule has 0 unspecified atom stereocenters. The summed E-state index contributed by atoms with van der Waals surface area (Å²) in [6, 6.07) is 1.82. The molecule has 0 bridgehead atoms. The van der Waals surface area contributed by atoms with Crippen LogP contribution >= 0.6 is 24.0 Å². The molecule has 0 heterocycles. The molecule has 1 fully saturated rings. The van der Waals surface area contributed by atoms with Crippen LogP contribution in [-0.4, -0.2) is 0 Å². The van der Waals surface area contributed by atoms with Gasteiger partial charge in [0.15, 0.2) is 0 Å². The zero-order chi connectivity index (χ0) is 12.4. The number of nitrogens with two attached hydrogens (primary N) is 1. The molecule has 1 nitrogen and oxygen atoms in total. The van der Waals surface area contributed by atoms with Gasteiger partial charge < -0.3 is 5.73 Å². The minimum Gasteiger partial charge on any atom is -0.324 e. The summed E-state index contributed by atoms with van der Waals surface area (Å²) >= 11 is 5.67. The fourth-order valence-corrected chi connectivity index (χ4v) is 2.74. The second-order valence-electron chi connectivity index (χ2n) is 4.68. The highest BCUT2D eigenvalue weighted by atomic mass is 35.5. The van der Waals surface area contributed by atoms with Crippen molar-refractivity contribution < 1.29 is 8.78 Å². The first kappa shape index (κ1) is 15.7. The van der Waals surface area contributed by atoms with Crippen LogP contribution in [0.2, 0.25) is 5.02 Å². The molecular formula is C13H17Cl2F2N. The van der Waals surface area contributed by atoms with E-state index >= 15 is 0 Å². The van der Waals surface area contributed by atoms with Crippen LogP contribution in [0.1, 0.15) is 43.7 Å². The van der Waals surface area contributed by atoms with Crippen molar-refractivity contribution >= 4 is 24.0 Å². The van der Waals surface area contributed by atoms with Gasteiger partial charge in [-0.25, -0.2) is 8.78 Å². The number of halogens is 4. The lowest BCUT2D eigenvalue weighted by molar-refractivity contribution is 0.298. The molecule has 0 amide bonds. The molecule has 1 aromatic rings. The van der Waals surface area contributed by atoms with Crippen molar-refractivity contribution in [3.8, 4) is 0 Å². The Morgan fingerprint density at radius 1 is 1.17 bits per heavy atom. The van der Waals surface area contributed by atoms with Crippen molar-refractivity contribution in [3.63, 3.8) is 0 Å². The van der Waals surface area contributed by atoms with Gasteiger partial charge in [0.2, 0.25) is 0 Å². The number of hydrogen-bond acceptors (Lipinski definition) is 1. The van der Waals surface area contributed by atoms with Crippen molar-refractivity contribution in [2.45, 2.75) is 38.1 Å². The van der Waals surface area contributed by atoms with Crippen molar-refractivity contribution in [2.24, 2.45) is 11.7 Å². The predicted molar refractivity (Wildman–Crippen MR) is 72.1 cm³/mol. The van der Waals surface area contributed by atoms with Crippen LogP contribution < -0.4 is 5.73 Å². The molecule has 0 spiro atoms. The highest BCUT2D eigenvalue weighted by Crippen LogP contribution is 2.36. The second kappa shape index (κ2) is 6.69. The molecule has 2 rings (SSSR count). The van der Waals surface area contributed by atoms with Gasteiger partial charge in [0.1, 0.15) is 11.6 Å². The number of benzene rings is 1. The summed E-state index contributed by atoms with van der Waals surface area (Å²) in [6.07, 6.45) is 5.23. The maximum atomic E-state index is 13.8. The SMILES string of the molecule is Cl.N[C@@H](c1c(F)ccc(Cl)c1F)C1CCCCC1. The average Bonchev–Trinajstić information content (AvgIpc) is 2.35. The van der Waals surface area contributed by atoms with Crippen LogP contribution in [0.15, 0.2) is 12.1 Å². The Kier molecular flexibility index (Phi) is 5.83. The second-order valence-corrected chi connectivity index (χ2v) is 5.09.